The second-order valence-corrected chi connectivity index (χ2v) is 2.36. The minimum atomic E-state index is 1.11. The van der Waals surface area contributed by atoms with Crippen molar-refractivity contribution in [3.63, 3.8) is 0 Å². The lowest BCUT2D eigenvalue weighted by Gasteiger charge is -1.94. The fraction of sp³-hybridized carbons (Fsp3) is 0.400. The predicted octanol–water partition coefficient (Wildman–Crippen LogP) is 3.48. The number of unbranched alkanes of at least 4 members (excludes halogenated alkanes) is 1. The van der Waals surface area contributed by atoms with Crippen LogP contribution in [0.25, 0.3) is 0 Å². The first-order valence-electron chi connectivity index (χ1n) is 3.78. The lowest BCUT2D eigenvalue weighted by Crippen LogP contribution is -1.74. The summed E-state index contributed by atoms with van der Waals surface area (Å²) in [6.07, 6.45) is 9.31. The van der Waals surface area contributed by atoms with Crippen LogP contribution in [0, 0.1) is 0 Å². The molecule has 0 unspecified atom stereocenters. The van der Waals surface area contributed by atoms with Crippen LogP contribution < -0.4 is 0 Å². The van der Waals surface area contributed by atoms with Crippen molar-refractivity contribution in [2.24, 2.45) is 0 Å². The molecule has 0 heterocycles. The maximum Gasteiger partial charge on any atom is -0.0285 e. The molecule has 0 bridgehead atoms. The van der Waals surface area contributed by atoms with Crippen LogP contribution in [-0.4, -0.2) is 0 Å². The molecule has 0 aliphatic heterocycles. The Morgan fingerprint density at radius 1 is 1.50 bits per heavy atom. The number of hydrogen-bond donors (Lipinski definition) is 0. The molecule has 0 rings (SSSR count). The summed E-state index contributed by atoms with van der Waals surface area (Å²) in [4.78, 5) is 0. The van der Waals surface area contributed by atoms with E-state index in [2.05, 4.69) is 20.1 Å². The fourth-order valence-corrected chi connectivity index (χ4v) is 0.691. The van der Waals surface area contributed by atoms with Gasteiger partial charge in [0.15, 0.2) is 0 Å². The van der Waals surface area contributed by atoms with Gasteiger partial charge < -0.3 is 0 Å². The Balaban J connectivity index is 3.43. The molecule has 0 N–H and O–H groups in total. The van der Waals surface area contributed by atoms with E-state index in [4.69, 9.17) is 0 Å². The summed E-state index contributed by atoms with van der Waals surface area (Å²) in [5.41, 5.74) is 1.20. The number of rotatable bonds is 5. The van der Waals surface area contributed by atoms with E-state index < -0.39 is 0 Å². The molecule has 56 valence electrons. The van der Waals surface area contributed by atoms with Crippen molar-refractivity contribution in [3.8, 4) is 0 Å². The van der Waals surface area contributed by atoms with Crippen molar-refractivity contribution in [2.75, 3.05) is 0 Å². The van der Waals surface area contributed by atoms with Crippen molar-refractivity contribution in [3.05, 3.63) is 37.0 Å². The van der Waals surface area contributed by atoms with Crippen LogP contribution >= 0.6 is 0 Å². The van der Waals surface area contributed by atoms with Crippen LogP contribution in [0.5, 0.6) is 0 Å². The molecule has 0 aromatic carbocycles. The Bertz CT molecular complexity index is 129. The number of allylic oxidation sites excluding steroid dienone is 4. The highest BCUT2D eigenvalue weighted by molar-refractivity contribution is 5.17. The van der Waals surface area contributed by atoms with Gasteiger partial charge in [0.2, 0.25) is 0 Å². The van der Waals surface area contributed by atoms with Gasteiger partial charge in [0.25, 0.3) is 0 Å². The van der Waals surface area contributed by atoms with E-state index >= 15 is 0 Å². The predicted molar refractivity (Wildman–Crippen MR) is 48.0 cm³/mol. The van der Waals surface area contributed by atoms with E-state index in [0.29, 0.717) is 0 Å². The maximum absolute atomic E-state index is 3.90. The quantitative estimate of drug-likeness (QED) is 0.508. The summed E-state index contributed by atoms with van der Waals surface area (Å²) in [7, 11) is 0. The van der Waals surface area contributed by atoms with Gasteiger partial charge in [-0.15, -0.1) is 0 Å². The van der Waals surface area contributed by atoms with E-state index in [1.807, 2.05) is 12.2 Å². The van der Waals surface area contributed by atoms with Crippen LogP contribution in [0.4, 0.5) is 0 Å². The van der Waals surface area contributed by atoms with Crippen LogP contribution in [0.15, 0.2) is 37.0 Å². The molecule has 0 fully saturated rings. The molecule has 0 radical (unpaired) electrons. The fourth-order valence-electron chi connectivity index (χ4n) is 0.691. The van der Waals surface area contributed by atoms with Crippen LogP contribution in [-0.2, 0) is 0 Å². The summed E-state index contributed by atoms with van der Waals surface area (Å²) in [6, 6.07) is 0. The number of hydrogen-bond acceptors (Lipinski definition) is 0. The lowest BCUT2D eigenvalue weighted by molar-refractivity contribution is 0.799. The van der Waals surface area contributed by atoms with Gasteiger partial charge in [-0.3, -0.25) is 0 Å². The molecular formula is C10H16. The first-order valence-corrected chi connectivity index (χ1v) is 3.78. The Morgan fingerprint density at radius 2 is 2.20 bits per heavy atom. The monoisotopic (exact) mass is 136 g/mol. The molecule has 0 spiro atoms. The highest BCUT2D eigenvalue weighted by Gasteiger charge is 1.85. The van der Waals surface area contributed by atoms with Crippen molar-refractivity contribution in [2.45, 2.75) is 26.2 Å². The molecular weight excluding hydrogens is 120 g/mol. The van der Waals surface area contributed by atoms with Gasteiger partial charge in [0.05, 0.1) is 0 Å². The molecule has 0 heteroatoms. The van der Waals surface area contributed by atoms with Crippen LogP contribution in [0.2, 0.25) is 0 Å². The first kappa shape index (κ1) is 9.22. The minimum absolute atomic E-state index is 1.11. The third-order valence-electron chi connectivity index (χ3n) is 1.32. The van der Waals surface area contributed by atoms with Crippen molar-refractivity contribution in [1.29, 1.82) is 0 Å². The highest BCUT2D eigenvalue weighted by Crippen LogP contribution is 2.05. The van der Waals surface area contributed by atoms with E-state index in [1.54, 1.807) is 6.08 Å². The zero-order valence-electron chi connectivity index (χ0n) is 6.77. The minimum Gasteiger partial charge on any atom is -0.0991 e. The van der Waals surface area contributed by atoms with Gasteiger partial charge in [0.1, 0.15) is 0 Å². The Hall–Kier alpha value is -0.780. The van der Waals surface area contributed by atoms with E-state index in [9.17, 15) is 0 Å². The molecule has 0 aromatic rings. The normalized spacial score (nSPS) is 10.1. The summed E-state index contributed by atoms with van der Waals surface area (Å²) >= 11 is 0. The average molecular weight is 136 g/mol. The average Bonchev–Trinajstić information content (AvgIpc) is 1.97. The molecule has 0 aliphatic carbocycles. The van der Waals surface area contributed by atoms with Gasteiger partial charge in [-0.25, -0.2) is 0 Å². The second kappa shape index (κ2) is 6.34. The topological polar surface area (TPSA) is 0 Å². The van der Waals surface area contributed by atoms with Gasteiger partial charge in [-0.05, 0) is 12.8 Å². The molecule has 0 amide bonds. The summed E-state index contributed by atoms with van der Waals surface area (Å²) in [6.45, 7) is 9.67. The third kappa shape index (κ3) is 5.36. The van der Waals surface area contributed by atoms with Crippen LogP contribution in [0.3, 0.4) is 0 Å². The molecule has 10 heavy (non-hydrogen) atoms. The van der Waals surface area contributed by atoms with Crippen molar-refractivity contribution in [1.82, 2.24) is 0 Å². The van der Waals surface area contributed by atoms with Gasteiger partial charge >= 0.3 is 0 Å². The van der Waals surface area contributed by atoms with Gasteiger partial charge in [-0.1, -0.05) is 50.3 Å². The SMILES string of the molecule is C=CC=CC(=C)CCCC. The summed E-state index contributed by atoms with van der Waals surface area (Å²) in [5.74, 6) is 0. The maximum atomic E-state index is 3.90. The zero-order valence-corrected chi connectivity index (χ0v) is 6.77. The van der Waals surface area contributed by atoms with Crippen molar-refractivity contribution < 1.29 is 0 Å². The van der Waals surface area contributed by atoms with Crippen molar-refractivity contribution >= 4 is 0 Å². The van der Waals surface area contributed by atoms with E-state index in [0.717, 1.165) is 6.42 Å². The summed E-state index contributed by atoms with van der Waals surface area (Å²) < 4.78 is 0. The molecule has 0 aromatic heterocycles. The Labute approximate surface area is 64.0 Å². The zero-order chi connectivity index (χ0) is 7.82. The third-order valence-corrected chi connectivity index (χ3v) is 1.32. The first-order chi connectivity index (χ1) is 4.81. The van der Waals surface area contributed by atoms with E-state index in [1.165, 1.54) is 18.4 Å². The summed E-state index contributed by atoms with van der Waals surface area (Å²) in [5, 5.41) is 0. The second-order valence-electron chi connectivity index (χ2n) is 2.36. The van der Waals surface area contributed by atoms with E-state index in [-0.39, 0.29) is 0 Å². The highest BCUT2D eigenvalue weighted by atomic mass is 13.9. The molecule has 0 aliphatic rings. The molecule has 0 saturated carbocycles. The lowest BCUT2D eigenvalue weighted by atomic mass is 10.1. The standard InChI is InChI=1S/C10H16/c1-4-6-8-10(3)9-7-5-2/h4,6,8H,1,3,5,7,9H2,2H3. The Kier molecular flexibility index (Phi) is 5.85. The Morgan fingerprint density at radius 3 is 2.70 bits per heavy atom. The van der Waals surface area contributed by atoms with Crippen LogP contribution in [0.1, 0.15) is 26.2 Å². The molecule has 0 nitrogen and oxygen atoms in total. The molecule has 0 atom stereocenters. The van der Waals surface area contributed by atoms with Gasteiger partial charge in [-0.2, -0.15) is 0 Å². The largest absolute Gasteiger partial charge is 0.0991 e. The van der Waals surface area contributed by atoms with Gasteiger partial charge in [0, 0.05) is 0 Å². The smallest absolute Gasteiger partial charge is 0.0285 e. The molecule has 0 saturated heterocycles.